The van der Waals surface area contributed by atoms with E-state index in [1.807, 2.05) is 27.7 Å². The molecule has 0 rings (SSSR count). The van der Waals surface area contributed by atoms with Crippen LogP contribution in [-0.2, 0) is 0 Å². The highest BCUT2D eigenvalue weighted by Gasteiger charge is 2.35. The Labute approximate surface area is 63.8 Å². The van der Waals surface area contributed by atoms with E-state index in [2.05, 4.69) is 6.58 Å². The largest absolute Gasteiger partial charge is 0.385 e. The van der Waals surface area contributed by atoms with Crippen LogP contribution in [0.4, 0.5) is 0 Å². The first-order chi connectivity index (χ1) is 4.19. The van der Waals surface area contributed by atoms with Crippen LogP contribution in [0.1, 0.15) is 34.6 Å². The fraction of sp³-hybridized carbons (Fsp3) is 0.778. The van der Waals surface area contributed by atoms with Gasteiger partial charge in [0.25, 0.3) is 0 Å². The Morgan fingerprint density at radius 3 is 1.50 bits per heavy atom. The third-order valence-electron chi connectivity index (χ3n) is 2.29. The van der Waals surface area contributed by atoms with Crippen molar-refractivity contribution < 1.29 is 5.11 Å². The van der Waals surface area contributed by atoms with Gasteiger partial charge < -0.3 is 5.11 Å². The number of aliphatic hydroxyl groups is 1. The lowest BCUT2D eigenvalue weighted by Gasteiger charge is -2.37. The molecule has 1 unspecified atom stereocenters. The smallest absolute Gasteiger partial charge is 0.0871 e. The highest BCUT2D eigenvalue weighted by Crippen LogP contribution is 2.34. The maximum atomic E-state index is 9.83. The van der Waals surface area contributed by atoms with Gasteiger partial charge in [0.1, 0.15) is 0 Å². The zero-order valence-electron chi connectivity index (χ0n) is 7.65. The normalized spacial score (nSPS) is 18.2. The van der Waals surface area contributed by atoms with Gasteiger partial charge in [0.2, 0.25) is 0 Å². The topological polar surface area (TPSA) is 20.2 Å². The van der Waals surface area contributed by atoms with Gasteiger partial charge in [0, 0.05) is 0 Å². The standard InChI is InChI=1S/C9H18O/c1-7(2)9(6,10)8(3,4)5/h10H,1H2,2-6H3. The van der Waals surface area contributed by atoms with Crippen LogP contribution in [0.5, 0.6) is 0 Å². The number of rotatable bonds is 1. The highest BCUT2D eigenvalue weighted by atomic mass is 16.3. The number of hydrogen-bond acceptors (Lipinski definition) is 1. The number of hydrogen-bond donors (Lipinski definition) is 1. The van der Waals surface area contributed by atoms with Crippen molar-refractivity contribution >= 4 is 0 Å². The Morgan fingerprint density at radius 2 is 1.50 bits per heavy atom. The molecule has 60 valence electrons. The van der Waals surface area contributed by atoms with Crippen molar-refractivity contribution in [1.82, 2.24) is 0 Å². The molecule has 1 heteroatoms. The second-order valence-electron chi connectivity index (χ2n) is 4.10. The summed E-state index contributed by atoms with van der Waals surface area (Å²) in [5, 5.41) is 9.83. The lowest BCUT2D eigenvalue weighted by atomic mass is 9.74. The summed E-state index contributed by atoms with van der Waals surface area (Å²) in [6.07, 6.45) is 0. The van der Waals surface area contributed by atoms with E-state index in [0.717, 1.165) is 5.57 Å². The summed E-state index contributed by atoms with van der Waals surface area (Å²) in [6, 6.07) is 0. The molecule has 0 aromatic rings. The van der Waals surface area contributed by atoms with Crippen molar-refractivity contribution in [3.8, 4) is 0 Å². The molecule has 0 radical (unpaired) electrons. The molecule has 1 atom stereocenters. The van der Waals surface area contributed by atoms with E-state index < -0.39 is 5.60 Å². The van der Waals surface area contributed by atoms with Crippen LogP contribution in [0.2, 0.25) is 0 Å². The van der Waals surface area contributed by atoms with Crippen LogP contribution in [0, 0.1) is 5.41 Å². The molecule has 0 aromatic heterocycles. The van der Waals surface area contributed by atoms with Crippen molar-refractivity contribution in [3.63, 3.8) is 0 Å². The SMILES string of the molecule is C=C(C)C(C)(O)C(C)(C)C. The molecule has 0 amide bonds. The summed E-state index contributed by atoms with van der Waals surface area (Å²) in [5.74, 6) is 0. The molecule has 0 fully saturated rings. The maximum absolute atomic E-state index is 9.83. The summed E-state index contributed by atoms with van der Waals surface area (Å²) in [4.78, 5) is 0. The van der Waals surface area contributed by atoms with Crippen LogP contribution in [0.3, 0.4) is 0 Å². The highest BCUT2D eigenvalue weighted by molar-refractivity contribution is 5.12. The maximum Gasteiger partial charge on any atom is 0.0871 e. The average Bonchev–Trinajstić information content (AvgIpc) is 1.62. The molecule has 1 nitrogen and oxygen atoms in total. The molecule has 0 bridgehead atoms. The van der Waals surface area contributed by atoms with Gasteiger partial charge in [-0.2, -0.15) is 0 Å². The van der Waals surface area contributed by atoms with E-state index in [-0.39, 0.29) is 5.41 Å². The Balaban J connectivity index is 4.57. The Morgan fingerprint density at radius 1 is 1.20 bits per heavy atom. The second-order valence-corrected chi connectivity index (χ2v) is 4.10. The van der Waals surface area contributed by atoms with Crippen LogP contribution >= 0.6 is 0 Å². The molecule has 0 heterocycles. The van der Waals surface area contributed by atoms with E-state index in [1.165, 1.54) is 0 Å². The molecular weight excluding hydrogens is 124 g/mol. The molecule has 0 spiro atoms. The molecule has 0 saturated heterocycles. The quantitative estimate of drug-likeness (QED) is 0.557. The van der Waals surface area contributed by atoms with Gasteiger partial charge in [-0.1, -0.05) is 27.4 Å². The molecular formula is C9H18O. The zero-order valence-corrected chi connectivity index (χ0v) is 7.65. The van der Waals surface area contributed by atoms with Crippen LogP contribution in [0.25, 0.3) is 0 Å². The molecule has 10 heavy (non-hydrogen) atoms. The van der Waals surface area contributed by atoms with E-state index in [4.69, 9.17) is 0 Å². The lowest BCUT2D eigenvalue weighted by Crippen LogP contribution is -2.40. The van der Waals surface area contributed by atoms with Gasteiger partial charge in [-0.25, -0.2) is 0 Å². The Bertz CT molecular complexity index is 137. The first kappa shape index (κ1) is 9.70. The minimum atomic E-state index is -0.757. The molecule has 0 saturated carbocycles. The van der Waals surface area contributed by atoms with Crippen molar-refractivity contribution in [2.24, 2.45) is 5.41 Å². The van der Waals surface area contributed by atoms with Crippen molar-refractivity contribution in [3.05, 3.63) is 12.2 Å². The van der Waals surface area contributed by atoms with E-state index in [0.29, 0.717) is 0 Å². The Hall–Kier alpha value is -0.300. The lowest BCUT2D eigenvalue weighted by molar-refractivity contribution is -0.00680. The molecule has 1 N–H and O–H groups in total. The fourth-order valence-corrected chi connectivity index (χ4v) is 0.640. The van der Waals surface area contributed by atoms with Gasteiger partial charge in [-0.3, -0.25) is 0 Å². The first-order valence-electron chi connectivity index (χ1n) is 3.58. The minimum absolute atomic E-state index is 0.126. The van der Waals surface area contributed by atoms with Crippen LogP contribution in [0.15, 0.2) is 12.2 Å². The molecule has 0 aromatic carbocycles. The van der Waals surface area contributed by atoms with Crippen LogP contribution < -0.4 is 0 Å². The monoisotopic (exact) mass is 142 g/mol. The van der Waals surface area contributed by atoms with E-state index in [1.54, 1.807) is 6.92 Å². The minimum Gasteiger partial charge on any atom is -0.385 e. The fourth-order valence-electron chi connectivity index (χ4n) is 0.640. The molecule has 0 aliphatic rings. The van der Waals surface area contributed by atoms with Crippen LogP contribution in [-0.4, -0.2) is 10.7 Å². The molecule has 0 aliphatic heterocycles. The summed E-state index contributed by atoms with van der Waals surface area (Å²) in [7, 11) is 0. The van der Waals surface area contributed by atoms with E-state index in [9.17, 15) is 5.11 Å². The summed E-state index contributed by atoms with van der Waals surface area (Å²) < 4.78 is 0. The van der Waals surface area contributed by atoms with E-state index >= 15 is 0 Å². The van der Waals surface area contributed by atoms with Gasteiger partial charge >= 0.3 is 0 Å². The predicted octanol–water partition coefficient (Wildman–Crippen LogP) is 2.36. The molecule has 0 aliphatic carbocycles. The van der Waals surface area contributed by atoms with Crippen molar-refractivity contribution in [1.29, 1.82) is 0 Å². The third-order valence-corrected chi connectivity index (χ3v) is 2.29. The predicted molar refractivity (Wildman–Crippen MR) is 44.9 cm³/mol. The second kappa shape index (κ2) is 2.39. The van der Waals surface area contributed by atoms with Crippen molar-refractivity contribution in [2.45, 2.75) is 40.2 Å². The third kappa shape index (κ3) is 1.60. The zero-order chi connectivity index (χ0) is 8.58. The Kier molecular flexibility index (Phi) is 2.32. The average molecular weight is 142 g/mol. The van der Waals surface area contributed by atoms with Gasteiger partial charge in [-0.05, 0) is 24.8 Å². The summed E-state index contributed by atoms with van der Waals surface area (Å²) in [6.45, 7) is 13.4. The van der Waals surface area contributed by atoms with Gasteiger partial charge in [0.05, 0.1) is 5.60 Å². The summed E-state index contributed by atoms with van der Waals surface area (Å²) >= 11 is 0. The van der Waals surface area contributed by atoms with Gasteiger partial charge in [0.15, 0.2) is 0 Å². The van der Waals surface area contributed by atoms with Gasteiger partial charge in [-0.15, -0.1) is 0 Å². The summed E-state index contributed by atoms with van der Waals surface area (Å²) in [5.41, 5.74) is -0.0637. The van der Waals surface area contributed by atoms with Crippen molar-refractivity contribution in [2.75, 3.05) is 0 Å². The first-order valence-corrected chi connectivity index (χ1v) is 3.58.